The lowest BCUT2D eigenvalue weighted by molar-refractivity contribution is 0.0696. The van der Waals surface area contributed by atoms with E-state index in [0.717, 1.165) is 30.7 Å². The first-order valence-corrected chi connectivity index (χ1v) is 6.87. The quantitative estimate of drug-likeness (QED) is 0.902. The second kappa shape index (κ2) is 4.82. The molecule has 0 aliphatic heterocycles. The van der Waals surface area contributed by atoms with Gasteiger partial charge in [-0.2, -0.15) is 0 Å². The van der Waals surface area contributed by atoms with Crippen molar-refractivity contribution in [2.24, 2.45) is 0 Å². The van der Waals surface area contributed by atoms with E-state index < -0.39 is 23.2 Å². The standard InChI is InChI=1S/C13H10F2N2O2S/c14-8-3-7(12(18)19)4-9(15)11(8)17-13-16-10(5-20-13)6-1-2-6/h3-6H,1-2H2,(H,16,17)(H,18,19). The van der Waals surface area contributed by atoms with Crippen molar-refractivity contribution in [1.82, 2.24) is 4.98 Å². The zero-order chi connectivity index (χ0) is 14.3. The fourth-order valence-corrected chi connectivity index (χ4v) is 2.63. The van der Waals surface area contributed by atoms with Crippen molar-refractivity contribution in [2.45, 2.75) is 18.8 Å². The van der Waals surface area contributed by atoms with E-state index in [9.17, 15) is 13.6 Å². The van der Waals surface area contributed by atoms with Crippen molar-refractivity contribution in [3.63, 3.8) is 0 Å². The van der Waals surface area contributed by atoms with Crippen LogP contribution in [0.4, 0.5) is 19.6 Å². The second-order valence-electron chi connectivity index (χ2n) is 4.60. The third kappa shape index (κ3) is 2.49. The number of nitrogens with zero attached hydrogens (tertiary/aromatic N) is 1. The molecule has 7 heteroatoms. The minimum Gasteiger partial charge on any atom is -0.478 e. The normalized spacial score (nSPS) is 14.3. The van der Waals surface area contributed by atoms with Gasteiger partial charge in [-0.15, -0.1) is 11.3 Å². The third-order valence-electron chi connectivity index (χ3n) is 3.04. The van der Waals surface area contributed by atoms with Crippen molar-refractivity contribution in [3.8, 4) is 0 Å². The van der Waals surface area contributed by atoms with Crippen LogP contribution >= 0.6 is 11.3 Å². The Morgan fingerprint density at radius 2 is 2.00 bits per heavy atom. The smallest absolute Gasteiger partial charge is 0.335 e. The van der Waals surface area contributed by atoms with Crippen LogP contribution in [-0.4, -0.2) is 16.1 Å². The average molecular weight is 296 g/mol. The maximum atomic E-state index is 13.7. The predicted molar refractivity (Wildman–Crippen MR) is 70.7 cm³/mol. The third-order valence-corrected chi connectivity index (χ3v) is 3.81. The summed E-state index contributed by atoms with van der Waals surface area (Å²) in [5.41, 5.74) is 0.121. The first-order chi connectivity index (χ1) is 9.54. The Kier molecular flexibility index (Phi) is 3.13. The lowest BCUT2D eigenvalue weighted by Gasteiger charge is -2.06. The van der Waals surface area contributed by atoms with Crippen LogP contribution in [0.3, 0.4) is 0 Å². The molecule has 1 aliphatic rings. The van der Waals surface area contributed by atoms with Gasteiger partial charge in [0.05, 0.1) is 11.3 Å². The molecule has 0 atom stereocenters. The number of rotatable bonds is 4. The number of anilines is 2. The number of aromatic carboxylic acids is 1. The molecule has 1 fully saturated rings. The zero-order valence-electron chi connectivity index (χ0n) is 10.2. The number of carboxylic acid groups (broad SMARTS) is 1. The van der Waals surface area contributed by atoms with Gasteiger partial charge in [-0.3, -0.25) is 0 Å². The maximum absolute atomic E-state index is 13.7. The van der Waals surface area contributed by atoms with Crippen molar-refractivity contribution >= 4 is 28.1 Å². The van der Waals surface area contributed by atoms with E-state index in [1.54, 1.807) is 0 Å². The van der Waals surface area contributed by atoms with Crippen LogP contribution in [0.1, 0.15) is 34.8 Å². The SMILES string of the molecule is O=C(O)c1cc(F)c(Nc2nc(C3CC3)cs2)c(F)c1. The highest BCUT2D eigenvalue weighted by Gasteiger charge is 2.26. The Labute approximate surface area is 117 Å². The molecule has 4 nitrogen and oxygen atoms in total. The number of nitrogens with one attached hydrogen (secondary N) is 1. The van der Waals surface area contributed by atoms with Crippen LogP contribution in [0.2, 0.25) is 0 Å². The molecule has 0 unspecified atom stereocenters. The summed E-state index contributed by atoms with van der Waals surface area (Å²) in [6, 6.07) is 1.56. The average Bonchev–Trinajstić information content (AvgIpc) is 3.14. The number of aromatic nitrogens is 1. The Morgan fingerprint density at radius 1 is 1.35 bits per heavy atom. The van der Waals surface area contributed by atoms with Gasteiger partial charge in [0.1, 0.15) is 5.69 Å². The summed E-state index contributed by atoms with van der Waals surface area (Å²) < 4.78 is 27.5. The molecule has 104 valence electrons. The molecular formula is C13H10F2N2O2S. The van der Waals surface area contributed by atoms with Crippen LogP contribution in [-0.2, 0) is 0 Å². The van der Waals surface area contributed by atoms with Crippen molar-refractivity contribution in [1.29, 1.82) is 0 Å². The molecule has 0 amide bonds. The van der Waals surface area contributed by atoms with E-state index in [4.69, 9.17) is 5.11 Å². The van der Waals surface area contributed by atoms with E-state index in [1.807, 2.05) is 5.38 Å². The fraction of sp³-hybridized carbons (Fsp3) is 0.231. The lowest BCUT2D eigenvalue weighted by Crippen LogP contribution is -2.03. The van der Waals surface area contributed by atoms with Gasteiger partial charge in [0, 0.05) is 11.3 Å². The van der Waals surface area contributed by atoms with Crippen LogP contribution in [0, 0.1) is 11.6 Å². The van der Waals surface area contributed by atoms with Crippen molar-refractivity contribution in [2.75, 3.05) is 5.32 Å². The Morgan fingerprint density at radius 3 is 2.55 bits per heavy atom. The number of hydrogen-bond acceptors (Lipinski definition) is 4. The molecule has 2 aromatic rings. The summed E-state index contributed by atoms with van der Waals surface area (Å²) in [5.74, 6) is -2.82. The van der Waals surface area contributed by atoms with Gasteiger partial charge in [0.25, 0.3) is 0 Å². The molecule has 0 radical (unpaired) electrons. The van der Waals surface area contributed by atoms with E-state index in [2.05, 4.69) is 10.3 Å². The number of halogens is 2. The van der Waals surface area contributed by atoms with Crippen molar-refractivity contribution < 1.29 is 18.7 Å². The van der Waals surface area contributed by atoms with Gasteiger partial charge in [-0.25, -0.2) is 18.6 Å². The molecule has 3 rings (SSSR count). The van der Waals surface area contributed by atoms with E-state index in [1.165, 1.54) is 11.3 Å². The Balaban J connectivity index is 1.87. The monoisotopic (exact) mass is 296 g/mol. The predicted octanol–water partition coefficient (Wildman–Crippen LogP) is 3.74. The van der Waals surface area contributed by atoms with E-state index >= 15 is 0 Å². The Bertz CT molecular complexity index is 660. The number of hydrogen-bond donors (Lipinski definition) is 2. The topological polar surface area (TPSA) is 62.2 Å². The summed E-state index contributed by atoms with van der Waals surface area (Å²) in [6.45, 7) is 0. The number of carbonyl (C=O) groups is 1. The highest BCUT2D eigenvalue weighted by atomic mass is 32.1. The molecule has 2 N–H and O–H groups in total. The summed E-state index contributed by atoms with van der Waals surface area (Å²) >= 11 is 1.27. The fourth-order valence-electron chi connectivity index (χ4n) is 1.83. The number of thiazole rings is 1. The van der Waals surface area contributed by atoms with Crippen molar-refractivity contribution in [3.05, 3.63) is 40.4 Å². The first kappa shape index (κ1) is 13.0. The number of carboxylic acids is 1. The van der Waals surface area contributed by atoms with E-state index in [-0.39, 0.29) is 5.69 Å². The lowest BCUT2D eigenvalue weighted by atomic mass is 10.2. The van der Waals surface area contributed by atoms with Gasteiger partial charge in [-0.05, 0) is 25.0 Å². The maximum Gasteiger partial charge on any atom is 0.335 e. The minimum absolute atomic E-state index is 0.383. The summed E-state index contributed by atoms with van der Waals surface area (Å²) in [7, 11) is 0. The molecule has 0 bridgehead atoms. The summed E-state index contributed by atoms with van der Waals surface area (Å²) in [5, 5.41) is 13.6. The van der Waals surface area contributed by atoms with Gasteiger partial charge in [0.15, 0.2) is 16.8 Å². The van der Waals surface area contributed by atoms with Gasteiger partial charge >= 0.3 is 5.97 Å². The molecule has 1 aromatic heterocycles. The molecule has 0 spiro atoms. The largest absolute Gasteiger partial charge is 0.478 e. The molecule has 20 heavy (non-hydrogen) atoms. The summed E-state index contributed by atoms with van der Waals surface area (Å²) in [6.07, 6.45) is 2.19. The first-order valence-electron chi connectivity index (χ1n) is 5.99. The molecular weight excluding hydrogens is 286 g/mol. The van der Waals surface area contributed by atoms with Crippen LogP contribution in [0.5, 0.6) is 0 Å². The highest BCUT2D eigenvalue weighted by Crippen LogP contribution is 2.41. The zero-order valence-corrected chi connectivity index (χ0v) is 11.0. The molecule has 1 saturated carbocycles. The van der Waals surface area contributed by atoms with Crippen LogP contribution in [0.25, 0.3) is 0 Å². The Hall–Kier alpha value is -2.02. The summed E-state index contributed by atoms with van der Waals surface area (Å²) in [4.78, 5) is 15.0. The molecule has 0 saturated heterocycles. The molecule has 1 aliphatic carbocycles. The highest BCUT2D eigenvalue weighted by molar-refractivity contribution is 7.13. The molecule has 1 aromatic carbocycles. The minimum atomic E-state index is -1.38. The van der Waals surface area contributed by atoms with Crippen LogP contribution < -0.4 is 5.32 Å². The number of benzene rings is 1. The van der Waals surface area contributed by atoms with E-state index in [0.29, 0.717) is 11.0 Å². The van der Waals surface area contributed by atoms with Gasteiger partial charge < -0.3 is 10.4 Å². The van der Waals surface area contributed by atoms with Gasteiger partial charge in [0.2, 0.25) is 0 Å². The van der Waals surface area contributed by atoms with Gasteiger partial charge in [-0.1, -0.05) is 0 Å². The second-order valence-corrected chi connectivity index (χ2v) is 5.45. The molecule has 1 heterocycles. The van der Waals surface area contributed by atoms with Crippen LogP contribution in [0.15, 0.2) is 17.5 Å².